The summed E-state index contributed by atoms with van der Waals surface area (Å²) >= 11 is 5.86. The van der Waals surface area contributed by atoms with Gasteiger partial charge in [-0.1, -0.05) is 17.7 Å². The zero-order valence-electron chi connectivity index (χ0n) is 19.6. The highest BCUT2D eigenvalue weighted by Gasteiger charge is 2.26. The van der Waals surface area contributed by atoms with Crippen LogP contribution in [0.1, 0.15) is 26.3 Å². The van der Waals surface area contributed by atoms with Gasteiger partial charge < -0.3 is 9.64 Å². The second-order valence-corrected chi connectivity index (χ2v) is 9.60. The van der Waals surface area contributed by atoms with E-state index in [1.54, 1.807) is 17.3 Å². The van der Waals surface area contributed by atoms with Crippen molar-refractivity contribution in [2.45, 2.75) is 40.0 Å². The first-order chi connectivity index (χ1) is 15.7. The number of amides is 1. The number of piperazine rings is 1. The van der Waals surface area contributed by atoms with Crippen LogP contribution in [0.25, 0.3) is 17.1 Å². The van der Waals surface area contributed by atoms with Crippen LogP contribution < -0.4 is 0 Å². The van der Waals surface area contributed by atoms with Crippen molar-refractivity contribution in [1.82, 2.24) is 29.1 Å². The Balaban J connectivity index is 1.55. The maximum absolute atomic E-state index is 12.4. The summed E-state index contributed by atoms with van der Waals surface area (Å²) in [5, 5.41) is 4.88. The summed E-state index contributed by atoms with van der Waals surface area (Å²) < 4.78 is 9.98. The quantitative estimate of drug-likeness (QED) is 0.535. The average Bonchev–Trinajstić information content (AvgIpc) is 3.10. The number of carbonyl (C=O) groups is 1. The van der Waals surface area contributed by atoms with Gasteiger partial charge in [-0.05, 0) is 64.2 Å². The first-order valence-electron chi connectivity index (χ1n) is 11.1. The molecule has 1 aliphatic rings. The number of pyridine rings is 1. The summed E-state index contributed by atoms with van der Waals surface area (Å²) in [4.78, 5) is 20.5. The molecule has 1 aliphatic heterocycles. The van der Waals surface area contributed by atoms with Gasteiger partial charge >= 0.3 is 6.09 Å². The van der Waals surface area contributed by atoms with Gasteiger partial charge in [0.1, 0.15) is 5.60 Å². The number of ether oxygens (including phenoxy) is 1. The molecule has 0 bridgehead atoms. The van der Waals surface area contributed by atoms with Gasteiger partial charge in [-0.25, -0.2) is 9.48 Å². The molecular formula is C24H30N6O2S. The van der Waals surface area contributed by atoms with Crippen molar-refractivity contribution < 1.29 is 9.53 Å². The Morgan fingerprint density at radius 2 is 1.67 bits per heavy atom. The molecule has 2 aromatic heterocycles. The van der Waals surface area contributed by atoms with E-state index < -0.39 is 5.60 Å². The number of benzene rings is 1. The van der Waals surface area contributed by atoms with E-state index in [9.17, 15) is 4.79 Å². The highest BCUT2D eigenvalue weighted by Crippen LogP contribution is 2.23. The zero-order chi connectivity index (χ0) is 23.6. The highest BCUT2D eigenvalue weighted by atomic mass is 32.1. The lowest BCUT2D eigenvalue weighted by atomic mass is 10.2. The van der Waals surface area contributed by atoms with E-state index in [1.807, 2.05) is 42.2 Å². The topological polar surface area (TPSA) is 68.4 Å². The molecule has 0 saturated carbocycles. The van der Waals surface area contributed by atoms with Crippen molar-refractivity contribution >= 4 is 18.3 Å². The van der Waals surface area contributed by atoms with Gasteiger partial charge in [-0.3, -0.25) is 14.5 Å². The normalized spacial score (nSPS) is 15.0. The maximum Gasteiger partial charge on any atom is 0.410 e. The van der Waals surface area contributed by atoms with Crippen LogP contribution in [0.4, 0.5) is 4.79 Å². The Morgan fingerprint density at radius 3 is 2.27 bits per heavy atom. The Kier molecular flexibility index (Phi) is 6.62. The van der Waals surface area contributed by atoms with Crippen LogP contribution in [-0.4, -0.2) is 67.0 Å². The fourth-order valence-electron chi connectivity index (χ4n) is 3.70. The van der Waals surface area contributed by atoms with Gasteiger partial charge in [-0.2, -0.15) is 0 Å². The third-order valence-electron chi connectivity index (χ3n) is 5.43. The summed E-state index contributed by atoms with van der Waals surface area (Å²) in [6.07, 6.45) is 3.25. The molecule has 0 spiro atoms. The van der Waals surface area contributed by atoms with Gasteiger partial charge in [0.15, 0.2) is 5.82 Å². The number of aromatic nitrogens is 4. The van der Waals surface area contributed by atoms with Crippen molar-refractivity contribution in [2.75, 3.05) is 26.2 Å². The molecule has 174 valence electrons. The second-order valence-electron chi connectivity index (χ2n) is 9.24. The SMILES string of the molecule is Cc1ccc(-n2c(-c3ccncc3)nn(CN3CCN(C(=O)OC(C)(C)C)CC3)c2=S)cc1. The predicted octanol–water partition coefficient (Wildman–Crippen LogP) is 4.28. The molecule has 0 unspecified atom stereocenters. The number of nitrogens with zero attached hydrogens (tertiary/aromatic N) is 6. The minimum absolute atomic E-state index is 0.262. The Bertz CT molecular complexity index is 1160. The molecule has 0 atom stereocenters. The van der Waals surface area contributed by atoms with Gasteiger partial charge in [0.25, 0.3) is 0 Å². The number of hydrogen-bond donors (Lipinski definition) is 0. The first kappa shape index (κ1) is 23.1. The largest absolute Gasteiger partial charge is 0.444 e. The molecule has 1 fully saturated rings. The van der Waals surface area contributed by atoms with E-state index in [0.29, 0.717) is 24.5 Å². The van der Waals surface area contributed by atoms with Crippen LogP contribution in [0, 0.1) is 11.7 Å². The Hall–Kier alpha value is -3.04. The second kappa shape index (κ2) is 9.44. The molecular weight excluding hydrogens is 436 g/mol. The van der Waals surface area contributed by atoms with Gasteiger partial charge in [0.05, 0.1) is 6.67 Å². The Labute approximate surface area is 199 Å². The van der Waals surface area contributed by atoms with Gasteiger partial charge in [-0.15, -0.1) is 5.10 Å². The van der Waals surface area contributed by atoms with E-state index in [2.05, 4.69) is 41.1 Å². The molecule has 0 N–H and O–H groups in total. The van der Waals surface area contributed by atoms with Crippen LogP contribution >= 0.6 is 12.2 Å². The minimum atomic E-state index is -0.493. The third kappa shape index (κ3) is 5.48. The zero-order valence-corrected chi connectivity index (χ0v) is 20.4. The summed E-state index contributed by atoms with van der Waals surface area (Å²) in [7, 11) is 0. The number of hydrogen-bond acceptors (Lipinski definition) is 6. The molecule has 3 aromatic rings. The van der Waals surface area contributed by atoms with E-state index in [-0.39, 0.29) is 6.09 Å². The third-order valence-corrected chi connectivity index (χ3v) is 5.82. The summed E-state index contributed by atoms with van der Waals surface area (Å²) in [5.74, 6) is 0.777. The molecule has 0 aliphatic carbocycles. The monoisotopic (exact) mass is 466 g/mol. The number of rotatable bonds is 4. The summed E-state index contributed by atoms with van der Waals surface area (Å²) in [6, 6.07) is 12.1. The van der Waals surface area contributed by atoms with Crippen LogP contribution in [-0.2, 0) is 11.4 Å². The molecule has 0 radical (unpaired) electrons. The maximum atomic E-state index is 12.4. The van der Waals surface area contributed by atoms with E-state index in [0.717, 1.165) is 30.2 Å². The van der Waals surface area contributed by atoms with Crippen molar-refractivity contribution in [1.29, 1.82) is 0 Å². The average molecular weight is 467 g/mol. The van der Waals surface area contributed by atoms with Gasteiger partial charge in [0, 0.05) is 49.8 Å². The molecule has 1 amide bonds. The van der Waals surface area contributed by atoms with Crippen LogP contribution in [0.5, 0.6) is 0 Å². The molecule has 8 nitrogen and oxygen atoms in total. The van der Waals surface area contributed by atoms with Crippen molar-refractivity contribution in [3.05, 3.63) is 59.1 Å². The lowest BCUT2D eigenvalue weighted by Gasteiger charge is -2.35. The fourth-order valence-corrected chi connectivity index (χ4v) is 3.99. The minimum Gasteiger partial charge on any atom is -0.444 e. The van der Waals surface area contributed by atoms with Crippen LogP contribution in [0.2, 0.25) is 0 Å². The van der Waals surface area contributed by atoms with Crippen LogP contribution in [0.3, 0.4) is 0 Å². The van der Waals surface area contributed by atoms with Crippen LogP contribution in [0.15, 0.2) is 48.8 Å². The van der Waals surface area contributed by atoms with Crippen molar-refractivity contribution in [3.63, 3.8) is 0 Å². The number of carbonyl (C=O) groups excluding carboxylic acids is 1. The fraction of sp³-hybridized carbons (Fsp3) is 0.417. The van der Waals surface area contributed by atoms with E-state index in [1.165, 1.54) is 5.56 Å². The van der Waals surface area contributed by atoms with Crippen molar-refractivity contribution in [2.24, 2.45) is 0 Å². The Morgan fingerprint density at radius 1 is 1.03 bits per heavy atom. The molecule has 1 saturated heterocycles. The first-order valence-corrected chi connectivity index (χ1v) is 11.5. The summed E-state index contributed by atoms with van der Waals surface area (Å²) in [5.41, 5.74) is 2.61. The lowest BCUT2D eigenvalue weighted by molar-refractivity contribution is 0.0113. The lowest BCUT2D eigenvalue weighted by Crippen LogP contribution is -2.50. The van der Waals surface area contributed by atoms with Crippen molar-refractivity contribution in [3.8, 4) is 17.1 Å². The highest BCUT2D eigenvalue weighted by molar-refractivity contribution is 7.71. The van der Waals surface area contributed by atoms with Gasteiger partial charge in [0.2, 0.25) is 4.77 Å². The smallest absolute Gasteiger partial charge is 0.410 e. The molecule has 1 aromatic carbocycles. The molecule has 33 heavy (non-hydrogen) atoms. The standard InChI is InChI=1S/C24H30N6O2S/c1-18-5-7-20(8-6-18)30-21(19-9-11-25-12-10-19)26-29(22(30)33)17-27-13-15-28(16-14-27)23(31)32-24(2,3)4/h5-12H,13-17H2,1-4H3. The van der Waals surface area contributed by atoms with E-state index >= 15 is 0 Å². The summed E-state index contributed by atoms with van der Waals surface area (Å²) in [6.45, 7) is 10.9. The number of aryl methyl sites for hydroxylation is 1. The van der Waals surface area contributed by atoms with E-state index in [4.69, 9.17) is 22.1 Å². The molecule has 3 heterocycles. The molecule has 4 rings (SSSR count). The predicted molar refractivity (Wildman–Crippen MR) is 130 cm³/mol. The molecule has 9 heteroatoms.